The number of nitro benzene ring substituents is 1. The highest BCUT2D eigenvalue weighted by atomic mass is 16.6. The summed E-state index contributed by atoms with van der Waals surface area (Å²) in [7, 11) is 0. The highest BCUT2D eigenvalue weighted by Gasteiger charge is 2.16. The summed E-state index contributed by atoms with van der Waals surface area (Å²) < 4.78 is 0. The third kappa shape index (κ3) is 3.20. The second-order valence-corrected chi connectivity index (χ2v) is 4.85. The summed E-state index contributed by atoms with van der Waals surface area (Å²) >= 11 is 0. The zero-order valence-electron chi connectivity index (χ0n) is 10.6. The Balaban J connectivity index is 2.03. The van der Waals surface area contributed by atoms with Crippen LogP contribution in [-0.2, 0) is 0 Å². The molecule has 5 nitrogen and oxygen atoms in total. The van der Waals surface area contributed by atoms with Crippen LogP contribution in [0.3, 0.4) is 0 Å². The van der Waals surface area contributed by atoms with Gasteiger partial charge < -0.3 is 10.6 Å². The molecule has 0 aliphatic carbocycles. The van der Waals surface area contributed by atoms with Crippen LogP contribution < -0.4 is 10.6 Å². The second kappa shape index (κ2) is 5.82. The van der Waals surface area contributed by atoms with Crippen molar-refractivity contribution >= 4 is 11.4 Å². The van der Waals surface area contributed by atoms with Gasteiger partial charge in [0.2, 0.25) is 0 Å². The zero-order valence-corrected chi connectivity index (χ0v) is 10.6. The van der Waals surface area contributed by atoms with Gasteiger partial charge in [0.05, 0.1) is 4.92 Å². The van der Waals surface area contributed by atoms with E-state index in [0.29, 0.717) is 11.6 Å². The van der Waals surface area contributed by atoms with Gasteiger partial charge in [0.1, 0.15) is 5.69 Å². The van der Waals surface area contributed by atoms with Crippen LogP contribution >= 0.6 is 0 Å². The molecule has 1 aliphatic rings. The maximum Gasteiger partial charge on any atom is 0.292 e. The maximum absolute atomic E-state index is 10.9. The summed E-state index contributed by atoms with van der Waals surface area (Å²) in [5.74, 6) is 0.603. The number of piperidine rings is 1. The predicted octanol–water partition coefficient (Wildman–Crippen LogP) is 2.31. The number of nitro groups is 1. The molecule has 1 fully saturated rings. The Morgan fingerprint density at radius 3 is 2.83 bits per heavy atom. The quantitative estimate of drug-likeness (QED) is 0.634. The van der Waals surface area contributed by atoms with Gasteiger partial charge in [-0.15, -0.1) is 0 Å². The van der Waals surface area contributed by atoms with Crippen molar-refractivity contribution in [3.63, 3.8) is 0 Å². The Bertz CT molecular complexity index is 428. The average molecular weight is 249 g/mol. The molecule has 5 heteroatoms. The molecule has 0 radical (unpaired) electrons. The topological polar surface area (TPSA) is 67.2 Å². The highest BCUT2D eigenvalue weighted by Crippen LogP contribution is 2.26. The van der Waals surface area contributed by atoms with E-state index in [2.05, 4.69) is 10.6 Å². The monoisotopic (exact) mass is 249 g/mol. The minimum atomic E-state index is -0.329. The molecule has 0 amide bonds. The number of rotatable bonds is 4. The summed E-state index contributed by atoms with van der Waals surface area (Å²) in [5, 5.41) is 17.5. The molecule has 18 heavy (non-hydrogen) atoms. The van der Waals surface area contributed by atoms with Gasteiger partial charge in [-0.1, -0.05) is 6.07 Å². The van der Waals surface area contributed by atoms with Crippen molar-refractivity contribution in [2.45, 2.75) is 19.8 Å². The molecule has 0 unspecified atom stereocenters. The van der Waals surface area contributed by atoms with E-state index in [1.807, 2.05) is 13.0 Å². The van der Waals surface area contributed by atoms with E-state index in [1.54, 1.807) is 12.1 Å². The standard InChI is InChI=1S/C13H19N3O2/c1-10-2-3-13(16(17)18)12(8-10)15-9-11-4-6-14-7-5-11/h2-3,8,11,14-15H,4-7,9H2,1H3. The fourth-order valence-corrected chi connectivity index (χ4v) is 2.29. The van der Waals surface area contributed by atoms with E-state index in [-0.39, 0.29) is 10.6 Å². The number of benzene rings is 1. The molecular weight excluding hydrogens is 230 g/mol. The van der Waals surface area contributed by atoms with Crippen LogP contribution in [0.15, 0.2) is 18.2 Å². The summed E-state index contributed by atoms with van der Waals surface area (Å²) in [5.41, 5.74) is 1.83. The zero-order chi connectivity index (χ0) is 13.0. The lowest BCUT2D eigenvalue weighted by atomic mass is 9.98. The van der Waals surface area contributed by atoms with Crippen molar-refractivity contribution in [1.82, 2.24) is 5.32 Å². The van der Waals surface area contributed by atoms with Crippen molar-refractivity contribution in [2.75, 3.05) is 25.0 Å². The van der Waals surface area contributed by atoms with Gasteiger partial charge >= 0.3 is 0 Å². The Morgan fingerprint density at radius 2 is 2.17 bits per heavy atom. The fourth-order valence-electron chi connectivity index (χ4n) is 2.29. The minimum absolute atomic E-state index is 0.162. The largest absolute Gasteiger partial charge is 0.379 e. The summed E-state index contributed by atoms with van der Waals surface area (Å²) in [6, 6.07) is 5.19. The van der Waals surface area contributed by atoms with Gasteiger partial charge in [-0.05, 0) is 50.4 Å². The van der Waals surface area contributed by atoms with Crippen molar-refractivity contribution in [2.24, 2.45) is 5.92 Å². The second-order valence-electron chi connectivity index (χ2n) is 4.85. The molecule has 0 saturated carbocycles. The van der Waals surface area contributed by atoms with Gasteiger partial charge in [0, 0.05) is 12.6 Å². The summed E-state index contributed by atoms with van der Waals surface area (Å²) in [6.45, 7) is 4.84. The van der Waals surface area contributed by atoms with Crippen LogP contribution in [0.4, 0.5) is 11.4 Å². The molecular formula is C13H19N3O2. The predicted molar refractivity (Wildman–Crippen MR) is 71.9 cm³/mol. The molecule has 0 aromatic heterocycles. The lowest BCUT2D eigenvalue weighted by molar-refractivity contribution is -0.384. The van der Waals surface area contributed by atoms with Gasteiger partial charge in [-0.3, -0.25) is 10.1 Å². The molecule has 2 N–H and O–H groups in total. The molecule has 1 heterocycles. The normalized spacial score (nSPS) is 16.5. The van der Waals surface area contributed by atoms with Crippen LogP contribution in [0, 0.1) is 23.0 Å². The van der Waals surface area contributed by atoms with Crippen LogP contribution in [0.1, 0.15) is 18.4 Å². The summed E-state index contributed by atoms with van der Waals surface area (Å²) in [6.07, 6.45) is 2.26. The van der Waals surface area contributed by atoms with Gasteiger partial charge in [0.15, 0.2) is 0 Å². The molecule has 1 aromatic carbocycles. The van der Waals surface area contributed by atoms with E-state index >= 15 is 0 Å². The Labute approximate surface area is 107 Å². The lowest BCUT2D eigenvalue weighted by Crippen LogP contribution is -2.31. The number of hydrogen-bond acceptors (Lipinski definition) is 4. The highest BCUT2D eigenvalue weighted by molar-refractivity contribution is 5.62. The molecule has 0 atom stereocenters. The first-order chi connectivity index (χ1) is 8.66. The van der Waals surface area contributed by atoms with Crippen LogP contribution in [0.25, 0.3) is 0 Å². The molecule has 2 rings (SSSR count). The SMILES string of the molecule is Cc1ccc([N+](=O)[O-])c(NCC2CCNCC2)c1. The molecule has 1 saturated heterocycles. The average Bonchev–Trinajstić information content (AvgIpc) is 2.37. The lowest BCUT2D eigenvalue weighted by Gasteiger charge is -2.23. The summed E-state index contributed by atoms with van der Waals surface area (Å²) in [4.78, 5) is 10.6. The number of aryl methyl sites for hydroxylation is 1. The van der Waals surface area contributed by atoms with E-state index in [4.69, 9.17) is 0 Å². The van der Waals surface area contributed by atoms with Crippen LogP contribution in [0.5, 0.6) is 0 Å². The number of anilines is 1. The van der Waals surface area contributed by atoms with Crippen molar-refractivity contribution in [3.8, 4) is 0 Å². The number of nitrogens with zero attached hydrogens (tertiary/aromatic N) is 1. The molecule has 0 bridgehead atoms. The first kappa shape index (κ1) is 12.8. The van der Waals surface area contributed by atoms with Crippen LogP contribution in [0.2, 0.25) is 0 Å². The molecule has 0 spiro atoms. The number of hydrogen-bond donors (Lipinski definition) is 2. The smallest absolute Gasteiger partial charge is 0.292 e. The Hall–Kier alpha value is -1.62. The van der Waals surface area contributed by atoms with Gasteiger partial charge in [-0.25, -0.2) is 0 Å². The van der Waals surface area contributed by atoms with Crippen molar-refractivity contribution in [3.05, 3.63) is 33.9 Å². The Kier molecular flexibility index (Phi) is 4.15. The molecule has 1 aliphatic heterocycles. The van der Waals surface area contributed by atoms with Crippen molar-refractivity contribution in [1.29, 1.82) is 0 Å². The van der Waals surface area contributed by atoms with Gasteiger partial charge in [-0.2, -0.15) is 0 Å². The van der Waals surface area contributed by atoms with E-state index < -0.39 is 0 Å². The third-order valence-electron chi connectivity index (χ3n) is 3.39. The first-order valence-electron chi connectivity index (χ1n) is 6.36. The van der Waals surface area contributed by atoms with E-state index in [9.17, 15) is 10.1 Å². The molecule has 1 aromatic rings. The van der Waals surface area contributed by atoms with E-state index in [0.717, 1.165) is 38.0 Å². The fraction of sp³-hybridized carbons (Fsp3) is 0.538. The van der Waals surface area contributed by atoms with E-state index in [1.165, 1.54) is 0 Å². The van der Waals surface area contributed by atoms with Gasteiger partial charge in [0.25, 0.3) is 5.69 Å². The first-order valence-corrected chi connectivity index (χ1v) is 6.36. The molecule has 98 valence electrons. The Morgan fingerprint density at radius 1 is 1.44 bits per heavy atom. The maximum atomic E-state index is 10.9. The van der Waals surface area contributed by atoms with Crippen LogP contribution in [-0.4, -0.2) is 24.6 Å². The van der Waals surface area contributed by atoms with Crippen molar-refractivity contribution < 1.29 is 4.92 Å². The minimum Gasteiger partial charge on any atom is -0.379 e. The number of nitrogens with one attached hydrogen (secondary N) is 2. The third-order valence-corrected chi connectivity index (χ3v) is 3.39.